The van der Waals surface area contributed by atoms with Gasteiger partial charge in [0, 0.05) is 5.56 Å². The monoisotopic (exact) mass is 300 g/mol. The zero-order chi connectivity index (χ0) is 10.8. The van der Waals surface area contributed by atoms with Crippen molar-refractivity contribution in [2.75, 3.05) is 0 Å². The highest BCUT2D eigenvalue weighted by Crippen LogP contribution is 2.37. The Labute approximate surface area is 107 Å². The molecule has 0 N–H and O–H groups in total. The van der Waals surface area contributed by atoms with Gasteiger partial charge in [0.15, 0.2) is 0 Å². The van der Waals surface area contributed by atoms with Gasteiger partial charge in [0.2, 0.25) is 0 Å². The average molecular weight is 302 g/mol. The lowest BCUT2D eigenvalue weighted by Gasteiger charge is -2.07. The molecule has 2 aromatic carbocycles. The molecule has 2 rings (SSSR count). The van der Waals surface area contributed by atoms with Crippen LogP contribution in [0, 0.1) is 0 Å². The summed E-state index contributed by atoms with van der Waals surface area (Å²) in [5, 5.41) is 1.27. The normalized spacial score (nSPS) is 10.3. The number of benzene rings is 2. The molecule has 0 radical (unpaired) electrons. The third kappa shape index (κ3) is 2.20. The predicted molar refractivity (Wildman–Crippen MR) is 69.6 cm³/mol. The molecule has 0 bridgehead atoms. The van der Waals surface area contributed by atoms with Gasteiger partial charge in [-0.1, -0.05) is 59.6 Å². The lowest BCUT2D eigenvalue weighted by molar-refractivity contribution is 1.59. The Morgan fingerprint density at radius 1 is 0.867 bits per heavy atom. The van der Waals surface area contributed by atoms with E-state index in [-0.39, 0.29) is 0 Å². The molecule has 0 heterocycles. The maximum atomic E-state index is 6.20. The molecule has 0 saturated heterocycles. The van der Waals surface area contributed by atoms with E-state index in [1.54, 1.807) is 0 Å². The molecule has 2 aromatic rings. The highest BCUT2D eigenvalue weighted by Gasteiger charge is 2.09. The second-order valence-corrected chi connectivity index (χ2v) is 4.67. The fraction of sp³-hybridized carbons (Fsp3) is 0. The first-order chi connectivity index (χ1) is 7.20. The maximum absolute atomic E-state index is 6.20. The van der Waals surface area contributed by atoms with Crippen molar-refractivity contribution in [1.82, 2.24) is 0 Å². The summed E-state index contributed by atoms with van der Waals surface area (Å²) in [7, 11) is 0. The molecule has 3 heteroatoms. The zero-order valence-corrected chi connectivity index (χ0v) is 10.8. The fourth-order valence-electron chi connectivity index (χ4n) is 1.37. The van der Waals surface area contributed by atoms with Crippen molar-refractivity contribution < 1.29 is 0 Å². The van der Waals surface area contributed by atoms with Crippen molar-refractivity contribution in [2.24, 2.45) is 0 Å². The minimum absolute atomic E-state index is 0.625. The molecule has 0 fully saturated rings. The van der Waals surface area contributed by atoms with Crippen LogP contribution < -0.4 is 0 Å². The Balaban J connectivity index is 2.60. The van der Waals surface area contributed by atoms with E-state index in [1.807, 2.05) is 42.5 Å². The summed E-state index contributed by atoms with van der Waals surface area (Å²) in [5.41, 5.74) is 2.06. The molecule has 15 heavy (non-hydrogen) atoms. The van der Waals surface area contributed by atoms with E-state index < -0.39 is 0 Å². The third-order valence-corrected chi connectivity index (χ3v) is 4.11. The van der Waals surface area contributed by atoms with Crippen molar-refractivity contribution in [1.29, 1.82) is 0 Å². The summed E-state index contributed by atoms with van der Waals surface area (Å²) >= 11 is 15.5. The van der Waals surface area contributed by atoms with Crippen LogP contribution in [0.25, 0.3) is 11.1 Å². The highest BCUT2D eigenvalue weighted by atomic mass is 79.9. The SMILES string of the molecule is Clc1ccc(-c2ccccc2)c(Cl)c1Br. The van der Waals surface area contributed by atoms with Crippen LogP contribution in [0.4, 0.5) is 0 Å². The van der Waals surface area contributed by atoms with Crippen molar-refractivity contribution in [3.8, 4) is 11.1 Å². The topological polar surface area (TPSA) is 0 Å². The summed E-state index contributed by atoms with van der Waals surface area (Å²) < 4.78 is 0.743. The molecule has 76 valence electrons. The number of hydrogen-bond acceptors (Lipinski definition) is 0. The van der Waals surface area contributed by atoms with E-state index in [1.165, 1.54) is 0 Å². The van der Waals surface area contributed by atoms with Gasteiger partial charge in [-0.2, -0.15) is 0 Å². The first-order valence-electron chi connectivity index (χ1n) is 4.39. The van der Waals surface area contributed by atoms with Crippen LogP contribution >= 0.6 is 39.1 Å². The Morgan fingerprint density at radius 3 is 2.20 bits per heavy atom. The van der Waals surface area contributed by atoms with Crippen molar-refractivity contribution in [2.45, 2.75) is 0 Å². The summed E-state index contributed by atoms with van der Waals surface area (Å²) in [6.07, 6.45) is 0. The van der Waals surface area contributed by atoms with Crippen LogP contribution in [0.3, 0.4) is 0 Å². The maximum Gasteiger partial charge on any atom is 0.0641 e. The van der Waals surface area contributed by atoms with Gasteiger partial charge in [-0.25, -0.2) is 0 Å². The minimum atomic E-state index is 0.625. The second kappa shape index (κ2) is 4.56. The molecule has 0 saturated carbocycles. The summed E-state index contributed by atoms with van der Waals surface area (Å²) in [6, 6.07) is 13.7. The predicted octanol–water partition coefficient (Wildman–Crippen LogP) is 5.42. The molecule has 0 aliphatic heterocycles. The molecule has 0 atom stereocenters. The molecular formula is C12H7BrCl2. The smallest absolute Gasteiger partial charge is 0.0641 e. The highest BCUT2D eigenvalue weighted by molar-refractivity contribution is 9.10. The number of halogens is 3. The Bertz CT molecular complexity index is 480. The minimum Gasteiger partial charge on any atom is -0.0831 e. The first kappa shape index (κ1) is 11.0. The van der Waals surface area contributed by atoms with E-state index in [2.05, 4.69) is 15.9 Å². The Morgan fingerprint density at radius 2 is 1.53 bits per heavy atom. The van der Waals surface area contributed by atoms with E-state index in [4.69, 9.17) is 23.2 Å². The molecule has 0 unspecified atom stereocenters. The van der Waals surface area contributed by atoms with Gasteiger partial charge >= 0.3 is 0 Å². The van der Waals surface area contributed by atoms with Crippen LogP contribution in [-0.4, -0.2) is 0 Å². The Hall–Kier alpha value is -0.500. The van der Waals surface area contributed by atoms with Crippen LogP contribution in [0.1, 0.15) is 0 Å². The summed E-state index contributed by atoms with van der Waals surface area (Å²) in [6.45, 7) is 0. The van der Waals surface area contributed by atoms with Crippen LogP contribution in [0.15, 0.2) is 46.9 Å². The molecule has 0 aromatic heterocycles. The van der Waals surface area contributed by atoms with Gasteiger partial charge in [-0.15, -0.1) is 0 Å². The van der Waals surface area contributed by atoms with Gasteiger partial charge in [0.05, 0.1) is 14.5 Å². The van der Waals surface area contributed by atoms with Crippen molar-refractivity contribution in [3.05, 3.63) is 57.0 Å². The van der Waals surface area contributed by atoms with E-state index in [0.717, 1.165) is 15.6 Å². The van der Waals surface area contributed by atoms with Gasteiger partial charge < -0.3 is 0 Å². The molecular weight excluding hydrogens is 295 g/mol. The van der Waals surface area contributed by atoms with E-state index >= 15 is 0 Å². The quantitative estimate of drug-likeness (QED) is 0.617. The van der Waals surface area contributed by atoms with E-state index in [9.17, 15) is 0 Å². The van der Waals surface area contributed by atoms with Crippen LogP contribution in [-0.2, 0) is 0 Å². The third-order valence-electron chi connectivity index (χ3n) is 2.12. The lowest BCUT2D eigenvalue weighted by atomic mass is 10.1. The van der Waals surface area contributed by atoms with Gasteiger partial charge in [-0.3, -0.25) is 0 Å². The largest absolute Gasteiger partial charge is 0.0831 e. The summed E-state index contributed by atoms with van der Waals surface area (Å²) in [5.74, 6) is 0. The standard InChI is InChI=1S/C12H7BrCl2/c13-11-10(14)7-6-9(12(11)15)8-4-2-1-3-5-8/h1-7H. The average Bonchev–Trinajstić information content (AvgIpc) is 2.27. The van der Waals surface area contributed by atoms with Gasteiger partial charge in [0.1, 0.15) is 0 Å². The molecule has 0 aliphatic carbocycles. The summed E-state index contributed by atoms with van der Waals surface area (Å²) in [4.78, 5) is 0. The molecule has 0 aliphatic rings. The van der Waals surface area contributed by atoms with Gasteiger partial charge in [0.25, 0.3) is 0 Å². The number of hydrogen-bond donors (Lipinski definition) is 0. The molecule has 0 spiro atoms. The van der Waals surface area contributed by atoms with E-state index in [0.29, 0.717) is 10.0 Å². The fourth-order valence-corrected chi connectivity index (χ4v) is 2.19. The lowest BCUT2D eigenvalue weighted by Crippen LogP contribution is -1.81. The van der Waals surface area contributed by atoms with Crippen molar-refractivity contribution in [3.63, 3.8) is 0 Å². The zero-order valence-electron chi connectivity index (χ0n) is 7.68. The Kier molecular flexibility index (Phi) is 3.35. The van der Waals surface area contributed by atoms with Crippen LogP contribution in [0.5, 0.6) is 0 Å². The molecule has 0 amide bonds. The van der Waals surface area contributed by atoms with Crippen LogP contribution in [0.2, 0.25) is 10.0 Å². The first-order valence-corrected chi connectivity index (χ1v) is 5.94. The second-order valence-electron chi connectivity index (χ2n) is 3.09. The van der Waals surface area contributed by atoms with Gasteiger partial charge in [-0.05, 0) is 27.6 Å². The molecule has 0 nitrogen and oxygen atoms in total. The number of rotatable bonds is 1. The van der Waals surface area contributed by atoms with Crippen molar-refractivity contribution >= 4 is 39.1 Å².